The lowest BCUT2D eigenvalue weighted by atomic mass is 9.94. The second kappa shape index (κ2) is 22.6. The van der Waals surface area contributed by atoms with Crippen LogP contribution in [0.15, 0.2) is 83.7 Å². The maximum absolute atomic E-state index is 15.1. The number of carbonyl (C=O) groups excluding carboxylic acids is 3. The highest BCUT2D eigenvalue weighted by Gasteiger charge is 2.31. The molecule has 0 unspecified atom stereocenters. The van der Waals surface area contributed by atoms with Gasteiger partial charge in [0.15, 0.2) is 6.29 Å². The van der Waals surface area contributed by atoms with E-state index in [2.05, 4.69) is 31.9 Å². The Labute approximate surface area is 382 Å². The summed E-state index contributed by atoms with van der Waals surface area (Å²) < 4.78 is 71.0. The number of likely N-dealkylation sites (N-methyl/N-ethyl adjacent to an activating group) is 1. The summed E-state index contributed by atoms with van der Waals surface area (Å²) in [4.78, 5) is 58.6. The molecule has 0 saturated carbocycles. The molecule has 5 aromatic rings. The van der Waals surface area contributed by atoms with E-state index in [0.29, 0.717) is 49.3 Å². The third kappa shape index (κ3) is 12.5. The lowest BCUT2D eigenvalue weighted by Crippen LogP contribution is -2.53. The molecule has 8 rings (SSSR count). The second-order valence-electron chi connectivity index (χ2n) is 17.0. The maximum atomic E-state index is 15.1. The molecule has 0 radical (unpaired) electrons. The van der Waals surface area contributed by atoms with Crippen LogP contribution in [0, 0.1) is 23.4 Å². The Morgan fingerprint density at radius 1 is 0.742 bits per heavy atom. The van der Waals surface area contributed by atoms with Crippen molar-refractivity contribution in [1.82, 2.24) is 34.7 Å². The van der Waals surface area contributed by atoms with E-state index in [4.69, 9.17) is 0 Å². The van der Waals surface area contributed by atoms with Gasteiger partial charge >= 0.3 is 0 Å². The molecule has 1 aromatic heterocycles. The first-order valence-corrected chi connectivity index (χ1v) is 22.5. The van der Waals surface area contributed by atoms with Crippen molar-refractivity contribution in [3.63, 3.8) is 0 Å². The van der Waals surface area contributed by atoms with Gasteiger partial charge in [-0.15, -0.1) is 0 Å². The number of halogens is 5. The highest BCUT2D eigenvalue weighted by Crippen LogP contribution is 2.32. The molecule has 3 aliphatic rings. The summed E-state index contributed by atoms with van der Waals surface area (Å²) in [6.07, 6.45) is 2.37. The number of aromatic amines is 1. The number of hydrogen-bond donors (Lipinski definition) is 1. The Hall–Kier alpha value is -5.84. The zero-order chi connectivity index (χ0) is 47.5. The number of hydrogen-bond acceptors (Lipinski definition) is 8. The molecule has 0 atom stereocenters. The Kier molecular flexibility index (Phi) is 17.0. The van der Waals surface area contributed by atoms with Crippen LogP contribution in [0.4, 0.5) is 22.0 Å². The minimum atomic E-state index is -3.09. The smallest absolute Gasteiger partial charge is 0.272 e. The number of carbonyl (C=O) groups is 3. The first kappa shape index (κ1) is 49.6. The van der Waals surface area contributed by atoms with Gasteiger partial charge in [0.1, 0.15) is 23.0 Å². The molecule has 4 heterocycles. The number of amides is 2. The largest absolute Gasteiger partial charge is 0.339 e. The van der Waals surface area contributed by atoms with Crippen LogP contribution < -0.4 is 5.56 Å². The molecule has 3 aliphatic heterocycles. The summed E-state index contributed by atoms with van der Waals surface area (Å²) in [6, 6.07) is 18.9. The van der Waals surface area contributed by atoms with Crippen molar-refractivity contribution >= 4 is 28.9 Å². The van der Waals surface area contributed by atoms with Crippen LogP contribution in [0.3, 0.4) is 0 Å². The lowest BCUT2D eigenvalue weighted by molar-refractivity contribution is -0.134. The van der Waals surface area contributed by atoms with E-state index in [9.17, 15) is 32.3 Å². The number of fused-ring (bicyclic) bond motifs is 1. The van der Waals surface area contributed by atoms with Crippen LogP contribution in [0.1, 0.15) is 71.1 Å². The molecule has 0 spiro atoms. The SMILES string of the molecule is CC.CN1CCN(C(=O)CN2CCN(CC3CCN(C(=O)c4c(F)cc(-c5cccc(C(C)(F)F)c5)cc4F)CC3)CC2)CC1.O=Cc1cc(Cc2n[nH]c(=O)c3ccccc23)ccc1F. The quantitative estimate of drug-likeness (QED) is 0.114. The maximum Gasteiger partial charge on any atom is 0.272 e. The van der Waals surface area contributed by atoms with Crippen molar-refractivity contribution in [2.45, 2.75) is 46.0 Å². The molecule has 1 N–H and O–H groups in total. The van der Waals surface area contributed by atoms with Gasteiger partial charge < -0.3 is 19.6 Å². The van der Waals surface area contributed by atoms with Crippen molar-refractivity contribution in [2.24, 2.45) is 5.92 Å². The van der Waals surface area contributed by atoms with Crippen molar-refractivity contribution in [2.75, 3.05) is 85.6 Å². The van der Waals surface area contributed by atoms with Crippen molar-refractivity contribution < 1.29 is 36.3 Å². The Morgan fingerprint density at radius 3 is 2.02 bits per heavy atom. The molecule has 3 fully saturated rings. The fourth-order valence-electron chi connectivity index (χ4n) is 8.53. The number of aldehydes is 1. The summed E-state index contributed by atoms with van der Waals surface area (Å²) in [6.45, 7) is 13.8. The van der Waals surface area contributed by atoms with Crippen LogP contribution in [0.2, 0.25) is 0 Å². The zero-order valence-electron chi connectivity index (χ0n) is 38.0. The van der Waals surface area contributed by atoms with Gasteiger partial charge in [0.05, 0.1) is 23.2 Å². The van der Waals surface area contributed by atoms with Crippen LogP contribution in [-0.4, -0.2) is 138 Å². The predicted molar refractivity (Wildman–Crippen MR) is 245 cm³/mol. The van der Waals surface area contributed by atoms with Crippen LogP contribution >= 0.6 is 0 Å². The van der Waals surface area contributed by atoms with Gasteiger partial charge in [0, 0.05) is 96.3 Å². The van der Waals surface area contributed by atoms with Crippen molar-refractivity contribution in [3.8, 4) is 11.1 Å². The predicted octanol–water partition coefficient (Wildman–Crippen LogP) is 7.48. The third-order valence-electron chi connectivity index (χ3n) is 12.4. The molecule has 4 aromatic carbocycles. The van der Waals surface area contributed by atoms with Gasteiger partial charge in [0.25, 0.3) is 17.4 Å². The second-order valence-corrected chi connectivity index (χ2v) is 17.0. The summed E-state index contributed by atoms with van der Waals surface area (Å²) in [5.74, 6) is -5.74. The zero-order valence-corrected chi connectivity index (χ0v) is 38.0. The number of piperazine rings is 2. The lowest BCUT2D eigenvalue weighted by Gasteiger charge is -2.39. The van der Waals surface area contributed by atoms with Crippen LogP contribution in [-0.2, 0) is 17.1 Å². The average Bonchev–Trinajstić information content (AvgIpc) is 3.32. The number of H-pyrrole nitrogens is 1. The molecule has 3 saturated heterocycles. The van der Waals surface area contributed by atoms with Gasteiger partial charge in [-0.05, 0) is 78.9 Å². The van der Waals surface area contributed by atoms with E-state index in [1.165, 1.54) is 41.3 Å². The van der Waals surface area contributed by atoms with Gasteiger partial charge in [-0.25, -0.2) is 27.1 Å². The Balaban J connectivity index is 0.000000261. The fraction of sp³-hybridized carbons (Fsp3) is 0.420. The monoisotopic (exact) mass is 915 g/mol. The number of rotatable bonds is 10. The third-order valence-corrected chi connectivity index (χ3v) is 12.4. The minimum absolute atomic E-state index is 0.0150. The standard InChI is InChI=1S/C32H41F4N5O2.C16H11FN2O2.C2H6/c1-32(35,36)26-5-3-4-24(18-26)25-19-27(33)30(28(34)20-25)31(43)41-8-6-23(7-9-41)21-38-12-14-39(15-13-38)22-29(42)40-16-10-37(2)11-17-40;17-14-6-5-10(7-11(14)9-20)8-15-12-3-1-2-4-13(12)16(21)19-18-15;1-2/h3-5,18-20,23H,6-17,21-22H2,1-2H3;1-7,9H,8H2,(H,19,21);1-2H3. The highest BCUT2D eigenvalue weighted by atomic mass is 19.3. The highest BCUT2D eigenvalue weighted by molar-refractivity contribution is 5.95. The molecule has 2 amide bonds. The number of nitrogens with zero attached hydrogens (tertiary/aromatic N) is 6. The fourth-order valence-corrected chi connectivity index (χ4v) is 8.53. The van der Waals surface area contributed by atoms with E-state index >= 15 is 8.78 Å². The van der Waals surface area contributed by atoms with Gasteiger partial charge in [-0.2, -0.15) is 5.10 Å². The first-order chi connectivity index (χ1) is 31.7. The molecule has 16 heteroatoms. The molecule has 66 heavy (non-hydrogen) atoms. The number of alkyl halides is 2. The molecule has 0 bridgehead atoms. The van der Waals surface area contributed by atoms with Gasteiger partial charge in [-0.1, -0.05) is 56.3 Å². The summed E-state index contributed by atoms with van der Waals surface area (Å²) in [5.41, 5.74) is 0.674. The van der Waals surface area contributed by atoms with Crippen molar-refractivity contribution in [1.29, 1.82) is 0 Å². The van der Waals surface area contributed by atoms with E-state index < -0.39 is 34.8 Å². The number of piperidine rings is 1. The summed E-state index contributed by atoms with van der Waals surface area (Å²) in [7, 11) is 2.07. The average molecular weight is 916 g/mol. The summed E-state index contributed by atoms with van der Waals surface area (Å²) >= 11 is 0. The first-order valence-electron chi connectivity index (χ1n) is 22.5. The van der Waals surface area contributed by atoms with Crippen molar-refractivity contribution in [3.05, 3.63) is 135 Å². The van der Waals surface area contributed by atoms with Gasteiger partial charge in [-0.3, -0.25) is 24.1 Å². The molecular formula is C50H58F5N7O4. The van der Waals surface area contributed by atoms with Gasteiger partial charge in [0.2, 0.25) is 5.91 Å². The minimum Gasteiger partial charge on any atom is -0.339 e. The molecular weight excluding hydrogens is 858 g/mol. The number of likely N-dealkylation sites (tertiary alicyclic amines) is 1. The molecule has 11 nitrogen and oxygen atoms in total. The molecule has 352 valence electrons. The van der Waals surface area contributed by atoms with E-state index in [1.54, 1.807) is 18.2 Å². The van der Waals surface area contributed by atoms with E-state index in [-0.39, 0.29) is 33.7 Å². The Bertz CT molecular complexity index is 2500. The topological polar surface area (TPSA) is 113 Å². The van der Waals surface area contributed by atoms with E-state index in [1.807, 2.05) is 30.9 Å². The van der Waals surface area contributed by atoms with E-state index in [0.717, 1.165) is 102 Å². The van der Waals surface area contributed by atoms with Crippen LogP contribution in [0.5, 0.6) is 0 Å². The Morgan fingerprint density at radius 2 is 1.38 bits per heavy atom. The van der Waals surface area contributed by atoms with Crippen LogP contribution in [0.25, 0.3) is 21.9 Å². The number of nitrogens with one attached hydrogen (secondary N) is 1. The summed E-state index contributed by atoms with van der Waals surface area (Å²) in [5, 5.41) is 7.82. The number of aromatic nitrogens is 2. The number of benzene rings is 4. The normalized spacial score (nSPS) is 16.6. The molecule has 0 aliphatic carbocycles.